The molecule has 0 fully saturated rings. The van der Waals surface area contributed by atoms with Gasteiger partial charge in [-0.15, -0.1) is 0 Å². The van der Waals surface area contributed by atoms with E-state index in [0.29, 0.717) is 0 Å². The molecule has 3 nitrogen and oxygen atoms in total. The molecule has 0 amide bonds. The lowest BCUT2D eigenvalue weighted by molar-refractivity contribution is 0.477. The van der Waals surface area contributed by atoms with Crippen LogP contribution in [0.15, 0.2) is 47.0 Å². The zero-order valence-electron chi connectivity index (χ0n) is 12.6. The maximum atomic E-state index is 4.36. The maximum Gasteiger partial charge on any atom is 0.193 e. The Hall–Kier alpha value is -1.77. The van der Waals surface area contributed by atoms with Crippen molar-refractivity contribution >= 4 is 5.96 Å². The second kappa shape index (κ2) is 7.73. The van der Waals surface area contributed by atoms with Crippen molar-refractivity contribution in [1.29, 1.82) is 0 Å². The lowest BCUT2D eigenvalue weighted by Gasteiger charge is -2.22. The Balaban J connectivity index is 1.78. The minimum Gasteiger partial charge on any atom is -0.356 e. The van der Waals surface area contributed by atoms with Crippen LogP contribution >= 0.6 is 0 Å². The fourth-order valence-corrected chi connectivity index (χ4v) is 2.62. The molecule has 0 aromatic heterocycles. The Morgan fingerprint density at radius 1 is 1.30 bits per heavy atom. The number of allylic oxidation sites excluding steroid dienone is 1. The molecule has 1 N–H and O–H groups in total. The third-order valence-electron chi connectivity index (χ3n) is 3.70. The quantitative estimate of drug-likeness (QED) is 0.506. The molecule has 1 aliphatic carbocycles. The van der Waals surface area contributed by atoms with Gasteiger partial charge in [0.25, 0.3) is 0 Å². The molecule has 2 rings (SSSR count). The first-order chi connectivity index (χ1) is 9.79. The van der Waals surface area contributed by atoms with Crippen molar-refractivity contribution in [2.75, 3.05) is 20.6 Å². The number of guanidine groups is 1. The van der Waals surface area contributed by atoms with E-state index in [4.69, 9.17) is 0 Å². The molecule has 3 heteroatoms. The first-order valence-corrected chi connectivity index (χ1v) is 7.43. The molecule has 0 heterocycles. The van der Waals surface area contributed by atoms with Gasteiger partial charge in [-0.05, 0) is 31.2 Å². The van der Waals surface area contributed by atoms with Crippen LogP contribution < -0.4 is 5.32 Å². The summed E-state index contributed by atoms with van der Waals surface area (Å²) < 4.78 is 0. The average Bonchev–Trinajstić information content (AvgIpc) is 2.98. The molecule has 1 aliphatic rings. The van der Waals surface area contributed by atoms with Gasteiger partial charge in [0, 0.05) is 27.2 Å². The molecule has 1 aromatic rings. The molecular formula is C17H25N3. The third-order valence-corrected chi connectivity index (χ3v) is 3.70. The van der Waals surface area contributed by atoms with Crippen LogP contribution in [0, 0.1) is 0 Å². The average molecular weight is 271 g/mol. The summed E-state index contributed by atoms with van der Waals surface area (Å²) in [6.07, 6.45) is 7.40. The highest BCUT2D eigenvalue weighted by Gasteiger charge is 2.08. The van der Waals surface area contributed by atoms with E-state index in [0.717, 1.165) is 25.5 Å². The standard InChI is InChI=1S/C17H25N3/c1-18-17(19-13-12-15-8-6-7-9-15)20(2)14-16-10-4-3-5-11-16/h3-5,8,10-11H,6-7,9,12-14H2,1-2H3,(H,18,19). The van der Waals surface area contributed by atoms with Gasteiger partial charge in [0.2, 0.25) is 0 Å². The second-order valence-electron chi connectivity index (χ2n) is 5.32. The van der Waals surface area contributed by atoms with Crippen LogP contribution in [0.5, 0.6) is 0 Å². The molecule has 0 radical (unpaired) electrons. The highest BCUT2D eigenvalue weighted by atomic mass is 15.3. The molecule has 0 unspecified atom stereocenters. The van der Waals surface area contributed by atoms with Crippen LogP contribution in [0.4, 0.5) is 0 Å². The molecule has 0 atom stereocenters. The summed E-state index contributed by atoms with van der Waals surface area (Å²) in [6, 6.07) is 10.5. The Morgan fingerprint density at radius 2 is 2.10 bits per heavy atom. The SMILES string of the molecule is CN=C(NCCC1=CCCC1)N(C)Cc1ccccc1. The number of rotatable bonds is 5. The van der Waals surface area contributed by atoms with Crippen molar-refractivity contribution in [3.63, 3.8) is 0 Å². The summed E-state index contributed by atoms with van der Waals surface area (Å²) in [4.78, 5) is 6.53. The fourth-order valence-electron chi connectivity index (χ4n) is 2.62. The number of hydrogen-bond donors (Lipinski definition) is 1. The van der Waals surface area contributed by atoms with Crippen molar-refractivity contribution in [2.24, 2.45) is 4.99 Å². The predicted octanol–water partition coefficient (Wildman–Crippen LogP) is 3.19. The van der Waals surface area contributed by atoms with Crippen molar-refractivity contribution in [1.82, 2.24) is 10.2 Å². The minimum atomic E-state index is 0.878. The van der Waals surface area contributed by atoms with E-state index in [1.807, 2.05) is 13.1 Å². The van der Waals surface area contributed by atoms with Crippen molar-refractivity contribution in [3.8, 4) is 0 Å². The van der Waals surface area contributed by atoms with Gasteiger partial charge >= 0.3 is 0 Å². The van der Waals surface area contributed by atoms with E-state index in [2.05, 4.69) is 52.6 Å². The minimum absolute atomic E-state index is 0.878. The molecule has 1 aromatic carbocycles. The van der Waals surface area contributed by atoms with Crippen LogP contribution in [0.25, 0.3) is 0 Å². The molecule has 0 saturated heterocycles. The summed E-state index contributed by atoms with van der Waals surface area (Å²) in [5, 5.41) is 3.45. The van der Waals surface area contributed by atoms with Crippen LogP contribution in [0.3, 0.4) is 0 Å². The number of nitrogens with zero attached hydrogens (tertiary/aromatic N) is 2. The number of benzene rings is 1. The van der Waals surface area contributed by atoms with Gasteiger partial charge in [-0.1, -0.05) is 42.0 Å². The van der Waals surface area contributed by atoms with Gasteiger partial charge in [0.15, 0.2) is 5.96 Å². The Morgan fingerprint density at radius 3 is 2.75 bits per heavy atom. The first-order valence-electron chi connectivity index (χ1n) is 7.43. The van der Waals surface area contributed by atoms with E-state index in [9.17, 15) is 0 Å². The fraction of sp³-hybridized carbons (Fsp3) is 0.471. The van der Waals surface area contributed by atoms with Gasteiger partial charge in [-0.2, -0.15) is 0 Å². The smallest absolute Gasteiger partial charge is 0.193 e. The Bertz CT molecular complexity index is 462. The van der Waals surface area contributed by atoms with Crippen LogP contribution in [0.2, 0.25) is 0 Å². The lowest BCUT2D eigenvalue weighted by atomic mass is 10.2. The molecule has 108 valence electrons. The largest absolute Gasteiger partial charge is 0.356 e. The highest BCUT2D eigenvalue weighted by molar-refractivity contribution is 5.79. The van der Waals surface area contributed by atoms with Gasteiger partial charge in [-0.3, -0.25) is 4.99 Å². The highest BCUT2D eigenvalue weighted by Crippen LogP contribution is 2.19. The summed E-state index contributed by atoms with van der Waals surface area (Å²) in [5.41, 5.74) is 2.90. The summed E-state index contributed by atoms with van der Waals surface area (Å²) in [5.74, 6) is 0.965. The van der Waals surface area contributed by atoms with Crippen molar-refractivity contribution in [2.45, 2.75) is 32.2 Å². The first kappa shape index (κ1) is 14.6. The van der Waals surface area contributed by atoms with E-state index < -0.39 is 0 Å². The zero-order chi connectivity index (χ0) is 14.2. The summed E-state index contributed by atoms with van der Waals surface area (Å²) in [7, 11) is 3.93. The Labute approximate surface area is 122 Å². The lowest BCUT2D eigenvalue weighted by Crippen LogP contribution is -2.38. The topological polar surface area (TPSA) is 27.6 Å². The van der Waals surface area contributed by atoms with Gasteiger partial charge < -0.3 is 10.2 Å². The maximum absolute atomic E-state index is 4.36. The second-order valence-corrected chi connectivity index (χ2v) is 5.32. The van der Waals surface area contributed by atoms with Gasteiger partial charge in [0.05, 0.1) is 0 Å². The van der Waals surface area contributed by atoms with Crippen molar-refractivity contribution < 1.29 is 0 Å². The molecule has 20 heavy (non-hydrogen) atoms. The Kier molecular flexibility index (Phi) is 5.66. The van der Waals surface area contributed by atoms with Gasteiger partial charge in [-0.25, -0.2) is 0 Å². The number of aliphatic imine (C=N–C) groups is 1. The normalized spacial score (nSPS) is 15.1. The van der Waals surface area contributed by atoms with Crippen molar-refractivity contribution in [3.05, 3.63) is 47.5 Å². The zero-order valence-corrected chi connectivity index (χ0v) is 12.6. The predicted molar refractivity (Wildman–Crippen MR) is 85.8 cm³/mol. The van der Waals surface area contributed by atoms with Crippen LogP contribution in [-0.4, -0.2) is 31.5 Å². The number of nitrogens with one attached hydrogen (secondary N) is 1. The van der Waals surface area contributed by atoms with E-state index in [1.165, 1.54) is 24.8 Å². The molecule has 0 spiro atoms. The summed E-state index contributed by atoms with van der Waals surface area (Å²) >= 11 is 0. The van der Waals surface area contributed by atoms with E-state index in [-0.39, 0.29) is 0 Å². The molecule has 0 bridgehead atoms. The molecule has 0 aliphatic heterocycles. The summed E-state index contributed by atoms with van der Waals surface area (Å²) in [6.45, 7) is 1.85. The van der Waals surface area contributed by atoms with Crippen LogP contribution in [-0.2, 0) is 6.54 Å². The monoisotopic (exact) mass is 271 g/mol. The molecular weight excluding hydrogens is 246 g/mol. The third kappa shape index (κ3) is 4.41. The number of hydrogen-bond acceptors (Lipinski definition) is 1. The molecule has 0 saturated carbocycles. The van der Waals surface area contributed by atoms with Gasteiger partial charge in [0.1, 0.15) is 0 Å². The van der Waals surface area contributed by atoms with E-state index in [1.54, 1.807) is 5.57 Å². The van der Waals surface area contributed by atoms with E-state index >= 15 is 0 Å². The van der Waals surface area contributed by atoms with Crippen LogP contribution in [0.1, 0.15) is 31.2 Å².